The van der Waals surface area contributed by atoms with E-state index in [1.54, 1.807) is 0 Å². The molecule has 0 spiro atoms. The molecule has 0 aliphatic rings. The lowest BCUT2D eigenvalue weighted by atomic mass is 10.1. The first-order valence-electron chi connectivity index (χ1n) is 4.16. The largest absolute Gasteiger partial charge is 0.337 e. The van der Waals surface area contributed by atoms with E-state index in [0.717, 1.165) is 18.7 Å². The highest BCUT2D eigenvalue weighted by Gasteiger charge is 2.21. The maximum atomic E-state index is 5.77. The zero-order valence-electron chi connectivity index (χ0n) is 7.79. The smallest absolute Gasteiger partial charge is 0.246 e. The number of rotatable bonds is 3. The summed E-state index contributed by atoms with van der Waals surface area (Å²) in [4.78, 5) is 4.17. The molecule has 0 saturated heterocycles. The maximum Gasteiger partial charge on any atom is 0.246 e. The van der Waals surface area contributed by atoms with Crippen LogP contribution in [0.5, 0.6) is 0 Å². The number of hydrogen-bond acceptors (Lipinski definition) is 4. The fourth-order valence-electron chi connectivity index (χ4n) is 0.841. The first kappa shape index (κ1) is 9.19. The highest BCUT2D eigenvalue weighted by molar-refractivity contribution is 4.97. The van der Waals surface area contributed by atoms with Gasteiger partial charge >= 0.3 is 0 Å². The van der Waals surface area contributed by atoms with Crippen molar-refractivity contribution in [2.75, 3.05) is 0 Å². The summed E-state index contributed by atoms with van der Waals surface area (Å²) in [7, 11) is 0. The summed E-state index contributed by atoms with van der Waals surface area (Å²) in [6, 6.07) is 0. The molecule has 4 nitrogen and oxygen atoms in total. The van der Waals surface area contributed by atoms with Crippen LogP contribution in [0.2, 0.25) is 0 Å². The molecular weight excluding hydrogens is 154 g/mol. The van der Waals surface area contributed by atoms with E-state index >= 15 is 0 Å². The quantitative estimate of drug-likeness (QED) is 0.738. The maximum absolute atomic E-state index is 5.77. The van der Waals surface area contributed by atoms with Crippen LogP contribution < -0.4 is 5.73 Å². The molecule has 1 aromatic heterocycles. The molecule has 0 fully saturated rings. The van der Waals surface area contributed by atoms with E-state index < -0.39 is 5.54 Å². The van der Waals surface area contributed by atoms with E-state index in [1.165, 1.54) is 0 Å². The van der Waals surface area contributed by atoms with Crippen molar-refractivity contribution < 1.29 is 4.52 Å². The lowest BCUT2D eigenvalue weighted by molar-refractivity contribution is 0.310. The van der Waals surface area contributed by atoms with Gasteiger partial charge in [0.25, 0.3) is 0 Å². The first-order chi connectivity index (χ1) is 5.54. The van der Waals surface area contributed by atoms with Crippen molar-refractivity contribution in [3.05, 3.63) is 11.7 Å². The second-order valence-electron chi connectivity index (χ2n) is 3.49. The van der Waals surface area contributed by atoms with Gasteiger partial charge in [-0.2, -0.15) is 4.98 Å². The normalized spacial score (nSPS) is 12.0. The van der Waals surface area contributed by atoms with Gasteiger partial charge < -0.3 is 10.3 Å². The minimum Gasteiger partial charge on any atom is -0.337 e. The third-order valence-electron chi connectivity index (χ3n) is 1.49. The Kier molecular flexibility index (Phi) is 2.47. The van der Waals surface area contributed by atoms with Gasteiger partial charge in [-0.3, -0.25) is 0 Å². The third-order valence-corrected chi connectivity index (χ3v) is 1.49. The van der Waals surface area contributed by atoms with Crippen LogP contribution in [0.1, 0.15) is 38.9 Å². The fraction of sp³-hybridized carbons (Fsp3) is 0.750. The Balaban J connectivity index is 2.77. The minimum atomic E-state index is -0.529. The predicted molar refractivity (Wildman–Crippen MR) is 45.5 cm³/mol. The van der Waals surface area contributed by atoms with Gasteiger partial charge in [0.2, 0.25) is 5.89 Å². The lowest BCUT2D eigenvalue weighted by Crippen LogP contribution is -2.29. The average molecular weight is 169 g/mol. The monoisotopic (exact) mass is 169 g/mol. The number of nitrogens with zero attached hydrogens (tertiary/aromatic N) is 2. The summed E-state index contributed by atoms with van der Waals surface area (Å²) in [5.74, 6) is 1.25. The SMILES string of the molecule is CCCc1noc(C(C)(C)N)n1. The Labute approximate surface area is 72.1 Å². The number of aryl methyl sites for hydroxylation is 1. The molecule has 4 heteroatoms. The summed E-state index contributed by atoms with van der Waals surface area (Å²) >= 11 is 0. The van der Waals surface area contributed by atoms with E-state index in [4.69, 9.17) is 10.3 Å². The van der Waals surface area contributed by atoms with Gasteiger partial charge in [-0.1, -0.05) is 12.1 Å². The fourth-order valence-corrected chi connectivity index (χ4v) is 0.841. The first-order valence-corrected chi connectivity index (χ1v) is 4.16. The van der Waals surface area contributed by atoms with Crippen molar-refractivity contribution in [3.8, 4) is 0 Å². The van der Waals surface area contributed by atoms with Crippen LogP contribution in [-0.4, -0.2) is 10.1 Å². The van der Waals surface area contributed by atoms with Gasteiger partial charge in [0.15, 0.2) is 5.82 Å². The van der Waals surface area contributed by atoms with Crippen molar-refractivity contribution in [1.82, 2.24) is 10.1 Å². The molecular formula is C8H15N3O. The van der Waals surface area contributed by atoms with Gasteiger partial charge in [0, 0.05) is 6.42 Å². The molecule has 0 radical (unpaired) electrons. The molecule has 0 amide bonds. The molecule has 1 heterocycles. The standard InChI is InChI=1S/C8H15N3O/c1-4-5-6-10-7(12-11-6)8(2,3)9/h4-5,9H2,1-3H3. The summed E-state index contributed by atoms with van der Waals surface area (Å²) in [6.45, 7) is 5.76. The molecule has 0 saturated carbocycles. The van der Waals surface area contributed by atoms with Crippen molar-refractivity contribution >= 4 is 0 Å². The molecule has 0 aromatic carbocycles. The molecule has 1 aromatic rings. The van der Waals surface area contributed by atoms with Crippen molar-refractivity contribution in [3.63, 3.8) is 0 Å². The summed E-state index contributed by atoms with van der Waals surface area (Å²) in [5.41, 5.74) is 5.24. The Morgan fingerprint density at radius 2 is 2.17 bits per heavy atom. The van der Waals surface area contributed by atoms with E-state index in [9.17, 15) is 0 Å². The molecule has 0 atom stereocenters. The molecule has 0 aliphatic carbocycles. The van der Waals surface area contributed by atoms with Gasteiger partial charge in [0.05, 0.1) is 5.54 Å². The molecule has 68 valence electrons. The van der Waals surface area contributed by atoms with Crippen LogP contribution in [0.15, 0.2) is 4.52 Å². The summed E-state index contributed by atoms with van der Waals surface area (Å²) < 4.78 is 5.00. The van der Waals surface area contributed by atoms with Crippen LogP contribution in [0.25, 0.3) is 0 Å². The van der Waals surface area contributed by atoms with Gasteiger partial charge in [-0.25, -0.2) is 0 Å². The molecule has 12 heavy (non-hydrogen) atoms. The highest BCUT2D eigenvalue weighted by Crippen LogP contribution is 2.13. The molecule has 0 aliphatic heterocycles. The molecule has 1 rings (SSSR count). The molecule has 0 bridgehead atoms. The van der Waals surface area contributed by atoms with Crippen LogP contribution >= 0.6 is 0 Å². The second kappa shape index (κ2) is 3.23. The third kappa shape index (κ3) is 2.04. The Bertz CT molecular complexity index is 249. The number of aromatic nitrogens is 2. The Hall–Kier alpha value is -0.900. The minimum absolute atomic E-state index is 0.506. The van der Waals surface area contributed by atoms with Gasteiger partial charge in [0.1, 0.15) is 0 Å². The number of nitrogens with two attached hydrogens (primary N) is 1. The molecule has 2 N–H and O–H groups in total. The second-order valence-corrected chi connectivity index (χ2v) is 3.49. The van der Waals surface area contributed by atoms with Crippen molar-refractivity contribution in [1.29, 1.82) is 0 Å². The van der Waals surface area contributed by atoms with Crippen LogP contribution in [0.4, 0.5) is 0 Å². The van der Waals surface area contributed by atoms with Crippen molar-refractivity contribution in [2.24, 2.45) is 5.73 Å². The zero-order chi connectivity index (χ0) is 9.19. The average Bonchev–Trinajstić information content (AvgIpc) is 2.35. The topological polar surface area (TPSA) is 64.9 Å². The summed E-state index contributed by atoms with van der Waals surface area (Å²) in [5, 5.41) is 3.81. The van der Waals surface area contributed by atoms with Crippen LogP contribution in [-0.2, 0) is 12.0 Å². The zero-order valence-corrected chi connectivity index (χ0v) is 7.79. The lowest BCUT2D eigenvalue weighted by Gasteiger charge is -2.10. The van der Waals surface area contributed by atoms with Gasteiger partial charge in [-0.15, -0.1) is 0 Å². The highest BCUT2D eigenvalue weighted by atomic mass is 16.5. The van der Waals surface area contributed by atoms with E-state index in [2.05, 4.69) is 17.1 Å². The number of hydrogen-bond donors (Lipinski definition) is 1. The Morgan fingerprint density at radius 1 is 1.50 bits per heavy atom. The molecule has 0 unspecified atom stereocenters. The van der Waals surface area contributed by atoms with Crippen molar-refractivity contribution in [2.45, 2.75) is 39.2 Å². The summed E-state index contributed by atoms with van der Waals surface area (Å²) in [6.07, 6.45) is 1.86. The van der Waals surface area contributed by atoms with Gasteiger partial charge in [-0.05, 0) is 20.3 Å². The predicted octanol–water partition coefficient (Wildman–Crippen LogP) is 1.22. The van der Waals surface area contributed by atoms with E-state index in [1.807, 2.05) is 13.8 Å². The van der Waals surface area contributed by atoms with E-state index in [0.29, 0.717) is 5.89 Å². The van der Waals surface area contributed by atoms with Crippen LogP contribution in [0.3, 0.4) is 0 Å². The van der Waals surface area contributed by atoms with E-state index in [-0.39, 0.29) is 0 Å². The van der Waals surface area contributed by atoms with Crippen LogP contribution in [0, 0.1) is 0 Å². The Morgan fingerprint density at radius 3 is 2.58 bits per heavy atom.